The minimum atomic E-state index is -0.790. The van der Waals surface area contributed by atoms with Crippen LogP contribution in [0, 0.1) is 5.92 Å². The summed E-state index contributed by atoms with van der Waals surface area (Å²) in [5.41, 5.74) is 15.2. The van der Waals surface area contributed by atoms with Crippen LogP contribution in [-0.2, 0) is 19.1 Å². The Balaban J connectivity index is 3.22. The normalized spacial score (nSPS) is 29.0. The van der Waals surface area contributed by atoms with E-state index in [1.807, 2.05) is 13.8 Å². The maximum atomic E-state index is 12.3. The summed E-state index contributed by atoms with van der Waals surface area (Å²) in [6.07, 6.45) is 0.967. The highest BCUT2D eigenvalue weighted by Gasteiger charge is 2.48. The van der Waals surface area contributed by atoms with Crippen molar-refractivity contribution in [3.63, 3.8) is 0 Å². The van der Waals surface area contributed by atoms with Crippen LogP contribution in [-0.4, -0.2) is 48.8 Å². The highest BCUT2D eigenvalue weighted by Crippen LogP contribution is 2.32. The first-order chi connectivity index (χ1) is 11.9. The van der Waals surface area contributed by atoms with Gasteiger partial charge in [-0.05, 0) is 31.7 Å². The van der Waals surface area contributed by atoms with Crippen LogP contribution >= 0.6 is 0 Å². The molecule has 0 bridgehead atoms. The molecule has 0 aromatic heterocycles. The zero-order valence-electron chi connectivity index (χ0n) is 15.3. The molecule has 1 saturated carbocycles. The van der Waals surface area contributed by atoms with Crippen molar-refractivity contribution in [3.05, 3.63) is 10.4 Å². The summed E-state index contributed by atoms with van der Waals surface area (Å²) in [6, 6.07) is -1.84. The molecule has 1 aliphatic carbocycles. The summed E-state index contributed by atoms with van der Waals surface area (Å²) < 4.78 is 11.2. The van der Waals surface area contributed by atoms with Crippen molar-refractivity contribution in [2.45, 2.75) is 77.3 Å². The van der Waals surface area contributed by atoms with Crippen LogP contribution in [0.25, 0.3) is 10.4 Å². The third kappa shape index (κ3) is 5.59. The van der Waals surface area contributed by atoms with Gasteiger partial charge in [0.15, 0.2) is 0 Å². The van der Waals surface area contributed by atoms with Gasteiger partial charge in [-0.25, -0.2) is 0 Å². The lowest BCUT2D eigenvalue weighted by molar-refractivity contribution is -0.155. The van der Waals surface area contributed by atoms with Crippen LogP contribution in [0.1, 0.15) is 47.0 Å². The fourth-order valence-corrected chi connectivity index (χ4v) is 3.25. The number of carbonyl (C=O) groups is 2. The summed E-state index contributed by atoms with van der Waals surface area (Å²) in [7, 11) is 0. The molecule has 1 fully saturated rings. The number of nitrogens with one attached hydrogen (secondary N) is 1. The van der Waals surface area contributed by atoms with Gasteiger partial charge in [0.1, 0.15) is 0 Å². The molecule has 0 aromatic carbocycles. The number of azide groups is 1. The molecule has 9 nitrogen and oxygen atoms in total. The molecule has 0 heterocycles. The van der Waals surface area contributed by atoms with Crippen molar-refractivity contribution in [1.29, 1.82) is 0 Å². The van der Waals surface area contributed by atoms with E-state index in [9.17, 15) is 9.59 Å². The van der Waals surface area contributed by atoms with E-state index in [-0.39, 0.29) is 25.0 Å². The van der Waals surface area contributed by atoms with E-state index in [0.717, 1.165) is 12.8 Å². The van der Waals surface area contributed by atoms with E-state index in [4.69, 9.17) is 20.7 Å². The lowest BCUT2D eigenvalue weighted by atomic mass is 9.76. The Morgan fingerprint density at radius 2 is 2.00 bits per heavy atom. The lowest BCUT2D eigenvalue weighted by Crippen LogP contribution is -2.65. The molecule has 0 aliphatic heterocycles. The maximum Gasteiger partial charge on any atom is 0.309 e. The van der Waals surface area contributed by atoms with Gasteiger partial charge in [-0.3, -0.25) is 9.59 Å². The van der Waals surface area contributed by atoms with Gasteiger partial charge in [0.25, 0.3) is 0 Å². The first-order valence-corrected chi connectivity index (χ1v) is 8.78. The number of ether oxygens (including phenoxy) is 2. The fraction of sp³-hybridized carbons (Fsp3) is 0.875. The fourth-order valence-electron chi connectivity index (χ4n) is 3.25. The molecular weight excluding hydrogens is 326 g/mol. The van der Waals surface area contributed by atoms with Crippen molar-refractivity contribution in [1.82, 2.24) is 5.32 Å². The summed E-state index contributed by atoms with van der Waals surface area (Å²) in [6.45, 7) is 7.29. The first-order valence-electron chi connectivity index (χ1n) is 8.78. The number of hydrogen-bond acceptors (Lipinski definition) is 6. The van der Waals surface area contributed by atoms with E-state index in [0.29, 0.717) is 0 Å². The van der Waals surface area contributed by atoms with Gasteiger partial charge in [-0.2, -0.15) is 0 Å². The zero-order valence-corrected chi connectivity index (χ0v) is 15.3. The van der Waals surface area contributed by atoms with Crippen LogP contribution in [0.3, 0.4) is 0 Å². The van der Waals surface area contributed by atoms with E-state index in [1.54, 1.807) is 6.92 Å². The summed E-state index contributed by atoms with van der Waals surface area (Å²) >= 11 is 0. The van der Waals surface area contributed by atoms with Crippen LogP contribution in [0.15, 0.2) is 5.11 Å². The minimum Gasteiger partial charge on any atom is -0.466 e. The smallest absolute Gasteiger partial charge is 0.309 e. The Morgan fingerprint density at radius 1 is 1.36 bits per heavy atom. The zero-order chi connectivity index (χ0) is 19.0. The van der Waals surface area contributed by atoms with E-state index in [2.05, 4.69) is 15.3 Å². The van der Waals surface area contributed by atoms with Crippen LogP contribution in [0.5, 0.6) is 0 Å². The number of carbonyl (C=O) groups excluding carboxylic acids is 2. The Labute approximate surface area is 148 Å². The minimum absolute atomic E-state index is 0.0919. The first kappa shape index (κ1) is 21.2. The predicted octanol–water partition coefficient (Wildman–Crippen LogP) is 1.65. The van der Waals surface area contributed by atoms with E-state index < -0.39 is 36.1 Å². The largest absolute Gasteiger partial charge is 0.466 e. The molecule has 1 amide bonds. The Morgan fingerprint density at radius 3 is 2.48 bits per heavy atom. The molecule has 25 heavy (non-hydrogen) atoms. The highest BCUT2D eigenvalue weighted by molar-refractivity contribution is 5.75. The van der Waals surface area contributed by atoms with Gasteiger partial charge < -0.3 is 20.5 Å². The third-order valence-corrected chi connectivity index (χ3v) is 4.49. The Hall–Kier alpha value is -1.83. The average molecular weight is 355 g/mol. The molecule has 9 heteroatoms. The SMILES string of the molecule is CCOC(=O)C1CC(N)C(NC(C)=O)C(OC(CC)CC)C1N=[N+]=[N-]. The second-order valence-electron chi connectivity index (χ2n) is 6.22. The molecule has 5 unspecified atom stereocenters. The molecule has 0 radical (unpaired) electrons. The number of esters is 1. The lowest BCUT2D eigenvalue weighted by Gasteiger charge is -2.44. The summed E-state index contributed by atoms with van der Waals surface area (Å²) in [5.74, 6) is -1.42. The van der Waals surface area contributed by atoms with Gasteiger partial charge in [0.2, 0.25) is 5.91 Å². The predicted molar refractivity (Wildman–Crippen MR) is 92.5 cm³/mol. The molecule has 142 valence electrons. The summed E-state index contributed by atoms with van der Waals surface area (Å²) in [4.78, 5) is 26.8. The van der Waals surface area contributed by atoms with E-state index >= 15 is 0 Å². The monoisotopic (exact) mass is 355 g/mol. The second-order valence-corrected chi connectivity index (χ2v) is 6.22. The maximum absolute atomic E-state index is 12.3. The van der Waals surface area contributed by atoms with Gasteiger partial charge in [-0.1, -0.05) is 19.0 Å². The van der Waals surface area contributed by atoms with Gasteiger partial charge >= 0.3 is 5.97 Å². The van der Waals surface area contributed by atoms with Gasteiger partial charge in [0, 0.05) is 17.9 Å². The van der Waals surface area contributed by atoms with Crippen molar-refractivity contribution >= 4 is 11.9 Å². The van der Waals surface area contributed by atoms with Crippen LogP contribution in [0.2, 0.25) is 0 Å². The molecule has 0 aromatic rings. The Bertz CT molecular complexity index is 505. The van der Waals surface area contributed by atoms with Crippen molar-refractivity contribution in [2.24, 2.45) is 16.8 Å². The van der Waals surface area contributed by atoms with Crippen LogP contribution in [0.4, 0.5) is 0 Å². The number of nitrogens with zero attached hydrogens (tertiary/aromatic N) is 3. The summed E-state index contributed by atoms with van der Waals surface area (Å²) in [5, 5.41) is 6.60. The van der Waals surface area contributed by atoms with E-state index in [1.165, 1.54) is 6.92 Å². The average Bonchev–Trinajstić information content (AvgIpc) is 2.57. The number of rotatable bonds is 8. The third-order valence-electron chi connectivity index (χ3n) is 4.49. The van der Waals surface area contributed by atoms with Gasteiger partial charge in [0.05, 0.1) is 36.8 Å². The van der Waals surface area contributed by atoms with Crippen molar-refractivity contribution in [2.75, 3.05) is 6.61 Å². The topological polar surface area (TPSA) is 139 Å². The molecule has 0 spiro atoms. The number of amides is 1. The number of hydrogen-bond donors (Lipinski definition) is 2. The molecule has 5 atom stereocenters. The molecule has 1 rings (SSSR count). The second kappa shape index (κ2) is 10.2. The van der Waals surface area contributed by atoms with Crippen molar-refractivity contribution in [3.8, 4) is 0 Å². The van der Waals surface area contributed by atoms with Crippen molar-refractivity contribution < 1.29 is 19.1 Å². The quantitative estimate of drug-likeness (QED) is 0.295. The molecular formula is C16H29N5O4. The highest BCUT2D eigenvalue weighted by atomic mass is 16.5. The molecule has 1 aliphatic rings. The van der Waals surface area contributed by atoms with Gasteiger partial charge in [-0.15, -0.1) is 0 Å². The Kier molecular flexibility index (Phi) is 8.68. The molecule has 3 N–H and O–H groups in total. The number of nitrogens with two attached hydrogens (primary N) is 1. The molecule has 0 saturated heterocycles. The van der Waals surface area contributed by atoms with Crippen LogP contribution < -0.4 is 11.1 Å². The standard InChI is InChI=1S/C16H29N5O4/c1-5-10(6-2)25-15-13(20-21-18)11(16(23)24-7-3)8-12(17)14(15)19-9(4)22/h10-15H,5-8,17H2,1-4H3,(H,19,22).